The number of rotatable bonds is 5. The third-order valence-corrected chi connectivity index (χ3v) is 6.46. The normalized spacial score (nSPS) is 18.1. The fourth-order valence-electron chi connectivity index (χ4n) is 4.38. The molecule has 3 aromatic carbocycles. The summed E-state index contributed by atoms with van der Waals surface area (Å²) >= 11 is 6.58. The van der Waals surface area contributed by atoms with E-state index in [1.54, 1.807) is 0 Å². The second-order valence-corrected chi connectivity index (χ2v) is 8.89. The summed E-state index contributed by atoms with van der Waals surface area (Å²) in [6.45, 7) is 0.408. The van der Waals surface area contributed by atoms with Crippen LogP contribution >= 0.6 is 11.6 Å². The first-order valence-corrected chi connectivity index (χ1v) is 11.6. The average molecular weight is 472 g/mol. The monoisotopic (exact) mass is 471 g/mol. The predicted octanol–water partition coefficient (Wildman–Crippen LogP) is 5.63. The fraction of sp³-hybridized carbons (Fsp3) is 0.185. The number of hydrogen-bond acceptors (Lipinski definition) is 5. The Kier molecular flexibility index (Phi) is 5.41. The van der Waals surface area contributed by atoms with Gasteiger partial charge in [-0.2, -0.15) is 4.98 Å². The lowest BCUT2D eigenvalue weighted by molar-refractivity contribution is 0.0528. The van der Waals surface area contributed by atoms with Gasteiger partial charge in [0.25, 0.3) is 6.01 Å². The fourth-order valence-corrected chi connectivity index (χ4v) is 4.64. The third-order valence-electron chi connectivity index (χ3n) is 6.17. The Morgan fingerprint density at radius 3 is 2.50 bits per heavy atom. The summed E-state index contributed by atoms with van der Waals surface area (Å²) in [5, 5.41) is 12.2. The second kappa shape index (κ2) is 8.72. The van der Waals surface area contributed by atoms with Crippen molar-refractivity contribution in [2.45, 2.75) is 18.6 Å². The van der Waals surface area contributed by atoms with Crippen LogP contribution < -0.4 is 4.74 Å². The van der Waals surface area contributed by atoms with E-state index in [0.29, 0.717) is 40.9 Å². The van der Waals surface area contributed by atoms with Crippen molar-refractivity contribution >= 4 is 33.5 Å². The Morgan fingerprint density at radius 1 is 0.941 bits per heavy atom. The number of halogens is 1. The lowest BCUT2D eigenvalue weighted by Gasteiger charge is -2.07. The summed E-state index contributed by atoms with van der Waals surface area (Å²) in [7, 11) is 0. The number of ether oxygens (including phenoxy) is 2. The molecule has 2 N–H and O–H groups in total. The van der Waals surface area contributed by atoms with Gasteiger partial charge < -0.3 is 19.6 Å². The van der Waals surface area contributed by atoms with Crippen molar-refractivity contribution in [3.8, 4) is 28.4 Å². The van der Waals surface area contributed by atoms with Gasteiger partial charge in [-0.3, -0.25) is 0 Å². The molecular weight excluding hydrogens is 450 g/mol. The molecule has 1 unspecified atom stereocenters. The number of aromatic amines is 1. The molecule has 0 spiro atoms. The highest BCUT2D eigenvalue weighted by atomic mass is 35.5. The maximum Gasteiger partial charge on any atom is 0.296 e. The van der Waals surface area contributed by atoms with Crippen LogP contribution in [-0.4, -0.2) is 45.5 Å². The maximum atomic E-state index is 9.23. The van der Waals surface area contributed by atoms with E-state index in [1.165, 1.54) is 10.8 Å². The van der Waals surface area contributed by atoms with Crippen LogP contribution in [0.4, 0.5) is 0 Å². The SMILES string of the molecule is OC[C@@H]1CC(Oc2nc3nc(-c4ccc(-c5ccc6ccccc6c5)cc4)c(Cl)cc3[nH]2)CO1. The predicted molar refractivity (Wildman–Crippen MR) is 133 cm³/mol. The van der Waals surface area contributed by atoms with E-state index in [0.717, 1.165) is 16.7 Å². The zero-order valence-electron chi connectivity index (χ0n) is 18.2. The number of aliphatic hydroxyl groups excluding tert-OH is 1. The first-order chi connectivity index (χ1) is 16.7. The summed E-state index contributed by atoms with van der Waals surface area (Å²) in [6, 6.07) is 25.2. The standard InChI is InChI=1S/C27H22ClN3O3/c28-23-13-24-26(31-27(29-24)34-22-12-21(14-32)33-15-22)30-25(23)18-8-5-17(6-9-18)20-10-7-16-3-1-2-4-19(16)11-20/h1-11,13,21-22,32H,12,14-15H2,(H,29,30,31)/t21-,22?/m0/s1. The lowest BCUT2D eigenvalue weighted by atomic mass is 9.99. The van der Waals surface area contributed by atoms with Gasteiger partial charge in [0, 0.05) is 12.0 Å². The summed E-state index contributed by atoms with van der Waals surface area (Å²) in [5.74, 6) is 0. The molecule has 6 nitrogen and oxygen atoms in total. The number of fused-ring (bicyclic) bond motifs is 2. The van der Waals surface area contributed by atoms with Crippen molar-refractivity contribution in [1.29, 1.82) is 0 Å². The summed E-state index contributed by atoms with van der Waals surface area (Å²) in [4.78, 5) is 12.3. The van der Waals surface area contributed by atoms with Crippen molar-refractivity contribution in [2.75, 3.05) is 13.2 Å². The molecule has 0 saturated carbocycles. The van der Waals surface area contributed by atoms with Gasteiger partial charge in [0.15, 0.2) is 5.65 Å². The molecule has 5 aromatic rings. The van der Waals surface area contributed by atoms with Crippen molar-refractivity contribution in [1.82, 2.24) is 15.0 Å². The number of H-pyrrole nitrogens is 1. The minimum absolute atomic E-state index is 0.0137. The molecule has 7 heteroatoms. The maximum absolute atomic E-state index is 9.23. The highest BCUT2D eigenvalue weighted by Gasteiger charge is 2.27. The minimum atomic E-state index is -0.189. The number of imidazole rings is 1. The highest BCUT2D eigenvalue weighted by molar-refractivity contribution is 6.33. The van der Waals surface area contributed by atoms with E-state index >= 15 is 0 Å². The van der Waals surface area contributed by atoms with Gasteiger partial charge >= 0.3 is 0 Å². The number of benzene rings is 3. The van der Waals surface area contributed by atoms with Crippen LogP contribution in [0.3, 0.4) is 0 Å². The van der Waals surface area contributed by atoms with E-state index in [-0.39, 0.29) is 18.8 Å². The molecular formula is C27H22ClN3O3. The van der Waals surface area contributed by atoms with Crippen LogP contribution in [0, 0.1) is 0 Å². The van der Waals surface area contributed by atoms with Crippen LogP contribution in [0.25, 0.3) is 44.3 Å². The van der Waals surface area contributed by atoms with Gasteiger partial charge in [-0.15, -0.1) is 0 Å². The second-order valence-electron chi connectivity index (χ2n) is 8.48. The molecule has 1 aliphatic heterocycles. The Labute approximate surface area is 201 Å². The smallest absolute Gasteiger partial charge is 0.296 e. The Hall–Kier alpha value is -3.45. The number of pyridine rings is 1. The highest BCUT2D eigenvalue weighted by Crippen LogP contribution is 2.32. The van der Waals surface area contributed by atoms with Crippen LogP contribution in [0.2, 0.25) is 5.02 Å². The number of nitrogens with zero attached hydrogens (tertiary/aromatic N) is 2. The van der Waals surface area contributed by atoms with E-state index in [4.69, 9.17) is 21.1 Å². The zero-order valence-corrected chi connectivity index (χ0v) is 19.0. The van der Waals surface area contributed by atoms with Gasteiger partial charge in [0.1, 0.15) is 6.10 Å². The first kappa shape index (κ1) is 21.1. The molecule has 1 aliphatic rings. The largest absolute Gasteiger partial charge is 0.459 e. The zero-order chi connectivity index (χ0) is 23.1. The molecule has 0 aliphatic carbocycles. The topological polar surface area (TPSA) is 80.3 Å². The molecule has 170 valence electrons. The summed E-state index contributed by atoms with van der Waals surface area (Å²) < 4.78 is 11.4. The van der Waals surface area contributed by atoms with Gasteiger partial charge in [0.05, 0.1) is 35.6 Å². The molecule has 3 heterocycles. The van der Waals surface area contributed by atoms with Gasteiger partial charge in [-0.05, 0) is 34.0 Å². The van der Waals surface area contributed by atoms with Crippen LogP contribution in [0.15, 0.2) is 72.8 Å². The van der Waals surface area contributed by atoms with Crippen LogP contribution in [0.5, 0.6) is 6.01 Å². The Morgan fingerprint density at radius 2 is 1.71 bits per heavy atom. The average Bonchev–Trinajstić information content (AvgIpc) is 3.49. The van der Waals surface area contributed by atoms with E-state index in [9.17, 15) is 5.11 Å². The van der Waals surface area contributed by atoms with Crippen LogP contribution in [0.1, 0.15) is 6.42 Å². The third kappa shape index (κ3) is 4.01. The van der Waals surface area contributed by atoms with Gasteiger partial charge in [-0.25, -0.2) is 4.98 Å². The molecule has 2 atom stereocenters. The van der Waals surface area contributed by atoms with Crippen LogP contribution in [-0.2, 0) is 4.74 Å². The van der Waals surface area contributed by atoms with Crippen molar-refractivity contribution < 1.29 is 14.6 Å². The van der Waals surface area contributed by atoms with E-state index in [2.05, 4.69) is 69.5 Å². The van der Waals surface area contributed by atoms with Crippen molar-refractivity contribution in [3.05, 3.63) is 77.8 Å². The van der Waals surface area contributed by atoms with Crippen molar-refractivity contribution in [2.24, 2.45) is 0 Å². The number of hydrogen-bond donors (Lipinski definition) is 2. The molecule has 1 saturated heterocycles. The molecule has 0 bridgehead atoms. The summed E-state index contributed by atoms with van der Waals surface area (Å²) in [6.07, 6.45) is 0.276. The van der Waals surface area contributed by atoms with E-state index in [1.807, 2.05) is 18.2 Å². The molecule has 2 aromatic heterocycles. The number of aliphatic hydroxyl groups is 1. The Balaban J connectivity index is 1.26. The summed E-state index contributed by atoms with van der Waals surface area (Å²) in [5.41, 5.74) is 5.11. The number of aromatic nitrogens is 3. The molecule has 6 rings (SSSR count). The molecule has 0 radical (unpaired) electrons. The lowest BCUT2D eigenvalue weighted by Crippen LogP contribution is -2.17. The van der Waals surface area contributed by atoms with Gasteiger partial charge in [-0.1, -0.05) is 72.3 Å². The number of nitrogens with one attached hydrogen (secondary N) is 1. The molecule has 0 amide bonds. The quantitative estimate of drug-likeness (QED) is 0.347. The van der Waals surface area contributed by atoms with Crippen molar-refractivity contribution in [3.63, 3.8) is 0 Å². The first-order valence-electron chi connectivity index (χ1n) is 11.2. The Bertz CT molecular complexity index is 1480. The molecule has 1 fully saturated rings. The van der Waals surface area contributed by atoms with E-state index < -0.39 is 0 Å². The van der Waals surface area contributed by atoms with Gasteiger partial charge in [0.2, 0.25) is 0 Å². The minimum Gasteiger partial charge on any atom is -0.459 e. The molecule has 34 heavy (non-hydrogen) atoms.